The van der Waals surface area contributed by atoms with E-state index in [1.54, 1.807) is 0 Å². The molecule has 2 aliphatic heterocycles. The summed E-state index contributed by atoms with van der Waals surface area (Å²) in [6.07, 6.45) is 2.69. The van der Waals surface area contributed by atoms with E-state index in [2.05, 4.69) is 88.8 Å². The highest BCUT2D eigenvalue weighted by molar-refractivity contribution is 5.18. The van der Waals surface area contributed by atoms with E-state index in [0.29, 0.717) is 47.3 Å². The van der Waals surface area contributed by atoms with E-state index in [-0.39, 0.29) is 0 Å². The summed E-state index contributed by atoms with van der Waals surface area (Å²) in [6, 6.07) is 3.83. The topological polar surface area (TPSA) is 13.0 Å². The molecule has 2 unspecified atom stereocenters. The molecule has 0 aromatic rings. The van der Waals surface area contributed by atoms with Gasteiger partial charge >= 0.3 is 0 Å². The Labute approximate surface area is 175 Å². The number of rotatable bonds is 4. The van der Waals surface area contributed by atoms with Crippen molar-refractivity contribution >= 4 is 0 Å². The van der Waals surface area contributed by atoms with Crippen molar-refractivity contribution < 1.29 is 0 Å². The molecule has 3 rings (SSSR count). The lowest BCUT2D eigenvalue weighted by Gasteiger charge is -2.69. The summed E-state index contributed by atoms with van der Waals surface area (Å²) in [6.45, 7) is 29.2. The van der Waals surface area contributed by atoms with E-state index in [1.807, 2.05) is 0 Å². The van der Waals surface area contributed by atoms with Crippen LogP contribution in [0.3, 0.4) is 0 Å². The van der Waals surface area contributed by atoms with Gasteiger partial charge in [-0.05, 0) is 82.1 Å². The number of piperazine rings is 2. The summed E-state index contributed by atoms with van der Waals surface area (Å²) in [5, 5.41) is 0. The van der Waals surface area contributed by atoms with Gasteiger partial charge < -0.3 is 0 Å². The maximum Gasteiger partial charge on any atom is 0.0364 e. The molecule has 0 aromatic heterocycles. The first-order valence-corrected chi connectivity index (χ1v) is 12.0. The Bertz CT molecular complexity index is 477. The minimum absolute atomic E-state index is 0.304. The van der Waals surface area contributed by atoms with Crippen molar-refractivity contribution in [1.82, 2.24) is 19.6 Å². The fourth-order valence-corrected chi connectivity index (χ4v) is 7.36. The second-order valence-electron chi connectivity index (χ2n) is 11.3. The third-order valence-electron chi connectivity index (χ3n) is 8.82. The molecule has 0 amide bonds. The minimum Gasteiger partial charge on any atom is -0.293 e. The van der Waals surface area contributed by atoms with Gasteiger partial charge in [0.1, 0.15) is 0 Å². The minimum atomic E-state index is 0.304. The lowest BCUT2D eigenvalue weighted by molar-refractivity contribution is -0.172. The Morgan fingerprint density at radius 3 is 1.00 bits per heavy atom. The van der Waals surface area contributed by atoms with Gasteiger partial charge in [-0.2, -0.15) is 0 Å². The molecule has 1 saturated carbocycles. The molecule has 0 N–H and O–H groups in total. The highest BCUT2D eigenvalue weighted by Gasteiger charge is 2.60. The molecule has 28 heavy (non-hydrogen) atoms. The largest absolute Gasteiger partial charge is 0.293 e. The van der Waals surface area contributed by atoms with Crippen LogP contribution < -0.4 is 0 Å². The normalized spacial score (nSPS) is 45.0. The number of hydrogen-bond acceptors (Lipinski definition) is 4. The zero-order chi connectivity index (χ0) is 21.0. The second kappa shape index (κ2) is 7.83. The van der Waals surface area contributed by atoms with Crippen LogP contribution in [0.4, 0.5) is 0 Å². The average molecular weight is 393 g/mol. The van der Waals surface area contributed by atoms with Crippen LogP contribution in [0.5, 0.6) is 0 Å². The fourth-order valence-electron chi connectivity index (χ4n) is 7.36. The van der Waals surface area contributed by atoms with Crippen molar-refractivity contribution in [3.05, 3.63) is 0 Å². The summed E-state index contributed by atoms with van der Waals surface area (Å²) in [4.78, 5) is 11.2. The zero-order valence-corrected chi connectivity index (χ0v) is 20.5. The van der Waals surface area contributed by atoms with E-state index < -0.39 is 0 Å². The van der Waals surface area contributed by atoms with Gasteiger partial charge in [0.15, 0.2) is 0 Å². The third kappa shape index (κ3) is 3.46. The van der Waals surface area contributed by atoms with E-state index in [4.69, 9.17) is 0 Å². The Morgan fingerprint density at radius 2 is 0.821 bits per heavy atom. The second-order valence-corrected chi connectivity index (χ2v) is 11.3. The van der Waals surface area contributed by atoms with Crippen LogP contribution in [0.2, 0.25) is 0 Å². The van der Waals surface area contributed by atoms with Crippen LogP contribution in [0.25, 0.3) is 0 Å². The predicted octanol–water partition coefficient (Wildman–Crippen LogP) is 3.90. The van der Waals surface area contributed by atoms with E-state index >= 15 is 0 Å². The Balaban J connectivity index is 1.77. The quantitative estimate of drug-likeness (QED) is 0.719. The summed E-state index contributed by atoms with van der Waals surface area (Å²) in [7, 11) is 0. The molecule has 6 atom stereocenters. The van der Waals surface area contributed by atoms with Crippen molar-refractivity contribution in [1.29, 1.82) is 0 Å². The van der Waals surface area contributed by atoms with Crippen LogP contribution in [0.15, 0.2) is 0 Å². The maximum atomic E-state index is 2.87. The van der Waals surface area contributed by atoms with E-state index in [1.165, 1.54) is 39.0 Å². The van der Waals surface area contributed by atoms with E-state index in [0.717, 1.165) is 0 Å². The molecular weight excluding hydrogens is 344 g/mol. The monoisotopic (exact) mass is 392 g/mol. The van der Waals surface area contributed by atoms with Crippen molar-refractivity contribution in [2.75, 3.05) is 26.2 Å². The fraction of sp³-hybridized carbons (Fsp3) is 1.00. The molecule has 0 spiro atoms. The maximum absolute atomic E-state index is 2.87. The van der Waals surface area contributed by atoms with Crippen LogP contribution in [-0.4, -0.2) is 93.1 Å². The van der Waals surface area contributed by atoms with Crippen molar-refractivity contribution in [2.45, 2.75) is 129 Å². The molecular formula is C24H48N4. The average Bonchev–Trinajstić information content (AvgIpc) is 2.57. The zero-order valence-electron chi connectivity index (χ0n) is 20.5. The third-order valence-corrected chi connectivity index (χ3v) is 8.82. The Kier molecular flexibility index (Phi) is 6.30. The first-order valence-electron chi connectivity index (χ1n) is 12.0. The van der Waals surface area contributed by atoms with Crippen LogP contribution in [-0.2, 0) is 0 Å². The summed E-state index contributed by atoms with van der Waals surface area (Å²) in [5.41, 5.74) is 0.607. The molecule has 4 nitrogen and oxygen atoms in total. The first-order chi connectivity index (χ1) is 12.9. The first kappa shape index (κ1) is 22.5. The lowest BCUT2D eigenvalue weighted by Crippen LogP contribution is -2.80. The molecule has 2 heterocycles. The SMILES string of the molecule is CC(C)N1[C@H](C)CN(C2(C)CCC2(C)N2C[C@@H](C)N(C(C)C)[C@@H](C)C2)C[C@@H]1C. The van der Waals surface area contributed by atoms with Crippen LogP contribution >= 0.6 is 0 Å². The van der Waals surface area contributed by atoms with Crippen molar-refractivity contribution in [3.8, 4) is 0 Å². The van der Waals surface area contributed by atoms with E-state index in [9.17, 15) is 0 Å². The summed E-state index contributed by atoms with van der Waals surface area (Å²) >= 11 is 0. The van der Waals surface area contributed by atoms with Crippen molar-refractivity contribution in [3.63, 3.8) is 0 Å². The number of nitrogens with zero attached hydrogens (tertiary/aromatic N) is 4. The molecule has 4 heteroatoms. The highest BCUT2D eigenvalue weighted by Crippen LogP contribution is 2.52. The highest BCUT2D eigenvalue weighted by atomic mass is 15.4. The van der Waals surface area contributed by atoms with Gasteiger partial charge in [0.2, 0.25) is 0 Å². The Hall–Kier alpha value is -0.160. The molecule has 2 saturated heterocycles. The lowest BCUT2D eigenvalue weighted by atomic mass is 9.59. The molecule has 0 aromatic carbocycles. The van der Waals surface area contributed by atoms with Gasteiger partial charge in [0.25, 0.3) is 0 Å². The van der Waals surface area contributed by atoms with Gasteiger partial charge in [0, 0.05) is 73.5 Å². The van der Waals surface area contributed by atoms with Gasteiger partial charge in [-0.3, -0.25) is 19.6 Å². The Morgan fingerprint density at radius 1 is 0.571 bits per heavy atom. The molecule has 0 radical (unpaired) electrons. The van der Waals surface area contributed by atoms with Gasteiger partial charge in [-0.15, -0.1) is 0 Å². The van der Waals surface area contributed by atoms with Crippen molar-refractivity contribution in [2.24, 2.45) is 0 Å². The van der Waals surface area contributed by atoms with Crippen LogP contribution in [0, 0.1) is 0 Å². The molecule has 1 aliphatic carbocycles. The van der Waals surface area contributed by atoms with Gasteiger partial charge in [0.05, 0.1) is 0 Å². The summed E-state index contributed by atoms with van der Waals surface area (Å²) in [5.74, 6) is 0. The standard InChI is InChI=1S/C24H48N4/c1-17(2)27-19(5)13-25(14-20(27)6)23(9)11-12-24(23,10)26-15-21(7)28(18(3)4)22(8)16-26/h17-22H,11-16H2,1-10H3/t19-,20+,21-,22+,23?,24?. The predicted molar refractivity (Wildman–Crippen MR) is 121 cm³/mol. The molecule has 3 aliphatic rings. The van der Waals surface area contributed by atoms with Gasteiger partial charge in [-0.25, -0.2) is 0 Å². The smallest absolute Gasteiger partial charge is 0.0364 e. The van der Waals surface area contributed by atoms with Gasteiger partial charge in [-0.1, -0.05) is 0 Å². The number of hydrogen-bond donors (Lipinski definition) is 0. The molecule has 3 fully saturated rings. The summed E-state index contributed by atoms with van der Waals surface area (Å²) < 4.78 is 0. The molecule has 0 bridgehead atoms. The molecule has 164 valence electrons. The van der Waals surface area contributed by atoms with Crippen LogP contribution in [0.1, 0.15) is 82.1 Å².